The maximum absolute atomic E-state index is 17.4. The number of rotatable bonds is 8. The molecule has 43 heavy (non-hydrogen) atoms. The minimum atomic E-state index is -2.10. The number of alkyl halides is 1. The second-order valence-electron chi connectivity index (χ2n) is 13.5. The molecule has 0 aromatic rings. The number of carbonyl (C=O) groups excluding carboxylic acids is 4. The maximum Gasteiger partial charge on any atom is 0.329 e. The van der Waals surface area contributed by atoms with Crippen molar-refractivity contribution in [2.24, 2.45) is 39.3 Å². The van der Waals surface area contributed by atoms with Crippen molar-refractivity contribution < 1.29 is 38.5 Å². The summed E-state index contributed by atoms with van der Waals surface area (Å²) in [6, 6.07) is -2.02. The molecule has 11 heteroatoms. The lowest BCUT2D eigenvalue weighted by Crippen LogP contribution is -2.69. The van der Waals surface area contributed by atoms with Gasteiger partial charge in [-0.2, -0.15) is 0 Å². The number of ketones is 2. The number of halogens is 1. The van der Waals surface area contributed by atoms with E-state index >= 15 is 4.39 Å². The number of ether oxygens (including phenoxy) is 1. The lowest BCUT2D eigenvalue weighted by Gasteiger charge is -2.62. The molecule has 234 valence electrons. The summed E-state index contributed by atoms with van der Waals surface area (Å²) in [4.78, 5) is 55.5. The van der Waals surface area contributed by atoms with Crippen molar-refractivity contribution in [2.75, 3.05) is 6.61 Å². The summed E-state index contributed by atoms with van der Waals surface area (Å²) in [5.41, 5.74) is 0.406. The van der Waals surface area contributed by atoms with Crippen molar-refractivity contribution in [2.45, 2.75) is 95.7 Å². The fourth-order valence-corrected chi connectivity index (χ4v) is 8.74. The van der Waals surface area contributed by atoms with E-state index in [9.17, 15) is 29.4 Å². The molecule has 0 aromatic carbocycles. The molecule has 10 nitrogen and oxygen atoms in total. The largest absolute Gasteiger partial charge is 0.456 e. The molecule has 0 bridgehead atoms. The van der Waals surface area contributed by atoms with Crippen LogP contribution >= 0.6 is 0 Å². The molecular formula is C32H42FN3O7. The molecule has 4 aliphatic carbocycles. The Balaban J connectivity index is 1.36. The van der Waals surface area contributed by atoms with Crippen LogP contribution in [0.2, 0.25) is 0 Å². The second-order valence-corrected chi connectivity index (χ2v) is 13.5. The quantitative estimate of drug-likeness (QED) is 0.307. The summed E-state index contributed by atoms with van der Waals surface area (Å²) in [5, 5.41) is 26.2. The van der Waals surface area contributed by atoms with E-state index in [1.165, 1.54) is 19.1 Å². The summed E-state index contributed by atoms with van der Waals surface area (Å²) >= 11 is 0. The van der Waals surface area contributed by atoms with Crippen LogP contribution in [0.5, 0.6) is 0 Å². The molecule has 1 heterocycles. The first kappa shape index (κ1) is 31.4. The van der Waals surface area contributed by atoms with Gasteiger partial charge >= 0.3 is 5.97 Å². The Bertz CT molecular complexity index is 1360. The fraction of sp³-hybridized carbons (Fsp3) is 0.656. The van der Waals surface area contributed by atoms with Crippen LogP contribution in [-0.4, -0.2) is 75.9 Å². The number of fused-ring (bicyclic) bond motifs is 5. The van der Waals surface area contributed by atoms with Gasteiger partial charge < -0.3 is 26.0 Å². The Hall–Kier alpha value is -3.02. The highest BCUT2D eigenvalue weighted by molar-refractivity contribution is 6.01. The number of aliphatic hydroxyl groups is 2. The maximum atomic E-state index is 17.4. The molecule has 5 rings (SSSR count). The van der Waals surface area contributed by atoms with Crippen LogP contribution in [-0.2, 0) is 23.9 Å². The molecule has 3 fully saturated rings. The molecule has 3 saturated carbocycles. The van der Waals surface area contributed by atoms with Crippen molar-refractivity contribution in [1.82, 2.24) is 5.32 Å². The number of nitrogens with one attached hydrogen (secondary N) is 1. The molecule has 0 aromatic heterocycles. The molecule has 1 aliphatic heterocycles. The fourth-order valence-electron chi connectivity index (χ4n) is 8.74. The van der Waals surface area contributed by atoms with E-state index in [-0.39, 0.29) is 18.6 Å². The van der Waals surface area contributed by atoms with E-state index in [1.807, 2.05) is 0 Å². The Morgan fingerprint density at radius 2 is 2.00 bits per heavy atom. The number of hydrogen-bond donors (Lipinski definition) is 4. The highest BCUT2D eigenvalue weighted by Gasteiger charge is 2.75. The van der Waals surface area contributed by atoms with Gasteiger partial charge in [-0.05, 0) is 63.5 Å². The monoisotopic (exact) mass is 599 g/mol. The summed E-state index contributed by atoms with van der Waals surface area (Å²) in [6.07, 6.45) is 7.95. The van der Waals surface area contributed by atoms with Gasteiger partial charge in [-0.1, -0.05) is 31.6 Å². The Morgan fingerprint density at radius 1 is 1.28 bits per heavy atom. The number of amides is 1. The zero-order chi connectivity index (χ0) is 31.5. The second kappa shape index (κ2) is 10.9. The Morgan fingerprint density at radius 3 is 2.65 bits per heavy atom. The predicted octanol–water partition coefficient (Wildman–Crippen LogP) is 2.03. The van der Waals surface area contributed by atoms with Gasteiger partial charge in [0.1, 0.15) is 11.6 Å². The molecule has 0 spiro atoms. The van der Waals surface area contributed by atoms with Gasteiger partial charge in [0.05, 0.1) is 12.1 Å². The summed E-state index contributed by atoms with van der Waals surface area (Å²) < 4.78 is 22.8. The van der Waals surface area contributed by atoms with E-state index in [0.29, 0.717) is 37.0 Å². The van der Waals surface area contributed by atoms with Crippen LogP contribution in [0.3, 0.4) is 0 Å². The Labute approximate surface area is 250 Å². The van der Waals surface area contributed by atoms with Crippen molar-refractivity contribution in [1.29, 1.82) is 0 Å². The lowest BCUT2D eigenvalue weighted by atomic mass is 9.44. The number of nitrogens with two attached hydrogens (primary N) is 1. The first-order valence-electron chi connectivity index (χ1n) is 15.1. The molecule has 5 N–H and O–H groups in total. The summed E-state index contributed by atoms with van der Waals surface area (Å²) in [7, 11) is 0. The minimum absolute atomic E-state index is 0.0458. The number of esters is 1. The van der Waals surface area contributed by atoms with E-state index in [2.05, 4.69) is 10.3 Å². The van der Waals surface area contributed by atoms with E-state index < -0.39 is 82.3 Å². The first-order valence-corrected chi connectivity index (χ1v) is 15.1. The molecule has 1 amide bonds. The molecule has 5 aliphatic rings. The van der Waals surface area contributed by atoms with Gasteiger partial charge in [-0.15, -0.1) is 0 Å². The van der Waals surface area contributed by atoms with Gasteiger partial charge in [0.25, 0.3) is 0 Å². The third kappa shape index (κ3) is 4.66. The van der Waals surface area contributed by atoms with Gasteiger partial charge in [-0.25, -0.2) is 9.18 Å². The van der Waals surface area contributed by atoms with Gasteiger partial charge in [0.2, 0.25) is 11.7 Å². The van der Waals surface area contributed by atoms with E-state index in [4.69, 9.17) is 10.5 Å². The summed E-state index contributed by atoms with van der Waals surface area (Å²) in [6.45, 7) is 5.87. The zero-order valence-electron chi connectivity index (χ0n) is 25.1. The number of aliphatic imine (C=N–C) groups is 1. The van der Waals surface area contributed by atoms with Crippen LogP contribution in [0.1, 0.15) is 66.2 Å². The van der Waals surface area contributed by atoms with Crippen LogP contribution in [0.25, 0.3) is 0 Å². The van der Waals surface area contributed by atoms with E-state index in [1.54, 1.807) is 39.1 Å². The number of carbonyl (C=O) groups is 4. The lowest BCUT2D eigenvalue weighted by molar-refractivity contribution is -0.220. The molecule has 0 radical (unpaired) electrons. The standard InChI is InChI=1S/C32H42FN3O7/c1-17-12-23-22-8-7-19-13-21(37)9-10-29(19,3)31(22,33)25(38)15-30(23,4)32(17,42)26(39)16-43-28(41)24(36-27(40)18(2)34)14-20-6-5-11-35-20/h6,9-11,13,17-18,22-25,38,42H,5,7-8,12,14-16,34H2,1-4H3,(H,36,40)/t17-,18?,22+,23+,24?,25+,29+,30+,31+,32+/m1/s1. The highest BCUT2D eigenvalue weighted by atomic mass is 19.1. The van der Waals surface area contributed by atoms with E-state index in [0.717, 1.165) is 0 Å². The topological polar surface area (TPSA) is 168 Å². The van der Waals surface area contributed by atoms with Crippen molar-refractivity contribution in [3.05, 3.63) is 35.6 Å². The van der Waals surface area contributed by atoms with Gasteiger partial charge in [0.15, 0.2) is 18.1 Å². The summed E-state index contributed by atoms with van der Waals surface area (Å²) in [5.74, 6) is -4.12. The smallest absolute Gasteiger partial charge is 0.329 e. The Kier molecular flexibility index (Phi) is 7.93. The average molecular weight is 600 g/mol. The third-order valence-corrected chi connectivity index (χ3v) is 11.1. The van der Waals surface area contributed by atoms with Gasteiger partial charge in [-0.3, -0.25) is 19.4 Å². The van der Waals surface area contributed by atoms with Gasteiger partial charge in [0, 0.05) is 41.5 Å². The van der Waals surface area contributed by atoms with Crippen LogP contribution in [0.15, 0.2) is 40.6 Å². The predicted molar refractivity (Wildman–Crippen MR) is 155 cm³/mol. The SMILES string of the molecule is CC(N)C(=O)NC(CC1=CCC=N1)C(=O)OCC(=O)[C@@]1(O)[C@H](C)C[C@H]2[C@@H]3CCC4=CC(=O)C=C[C@]4(C)[C@@]3(F)[C@@H](O)C[C@@]21C. The van der Waals surface area contributed by atoms with Crippen LogP contribution in [0, 0.1) is 28.6 Å². The highest BCUT2D eigenvalue weighted by Crippen LogP contribution is 2.70. The molecule has 10 atom stereocenters. The number of aliphatic hydroxyl groups excluding tert-OH is 1. The average Bonchev–Trinajstić information content (AvgIpc) is 3.53. The van der Waals surface area contributed by atoms with Crippen LogP contribution in [0.4, 0.5) is 4.39 Å². The number of Topliss-reactive ketones (excluding diaryl/α,β-unsaturated/α-hetero) is 1. The third-order valence-electron chi connectivity index (χ3n) is 11.1. The number of nitrogens with zero attached hydrogens (tertiary/aromatic N) is 1. The number of hydrogen-bond acceptors (Lipinski definition) is 9. The zero-order valence-corrected chi connectivity index (χ0v) is 25.1. The van der Waals surface area contributed by atoms with Crippen LogP contribution < -0.4 is 11.1 Å². The molecule has 2 unspecified atom stereocenters. The number of allylic oxidation sites excluding steroid dienone is 5. The normalized spacial score (nSPS) is 40.9. The van der Waals surface area contributed by atoms with Crippen molar-refractivity contribution in [3.63, 3.8) is 0 Å². The minimum Gasteiger partial charge on any atom is -0.456 e. The first-order chi connectivity index (χ1) is 20.1. The van der Waals surface area contributed by atoms with Crippen molar-refractivity contribution >= 4 is 29.7 Å². The molecular weight excluding hydrogens is 557 g/mol. The molecule has 0 saturated heterocycles. The van der Waals surface area contributed by atoms with Crippen molar-refractivity contribution in [3.8, 4) is 0 Å².